The molecule has 0 bridgehead atoms. The lowest BCUT2D eigenvalue weighted by atomic mass is 10.1. The van der Waals surface area contributed by atoms with Crippen LogP contribution in [0.15, 0.2) is 29.2 Å². The van der Waals surface area contributed by atoms with E-state index in [9.17, 15) is 9.59 Å². The quantitative estimate of drug-likeness (QED) is 0.305. The van der Waals surface area contributed by atoms with Crippen LogP contribution in [0, 0.1) is 0 Å². The number of unbranched alkanes of at least 4 members (excludes halogenated alkanes) is 5. The Balaban J connectivity index is 1.87. The van der Waals surface area contributed by atoms with Crippen LogP contribution in [0.25, 0.3) is 6.08 Å². The molecule has 1 aliphatic heterocycles. The van der Waals surface area contributed by atoms with Crippen LogP contribution >= 0.6 is 24.0 Å². The number of nitrogens with zero attached hydrogens (tertiary/aromatic N) is 1. The summed E-state index contributed by atoms with van der Waals surface area (Å²) in [5.41, 5.74) is 0.843. The number of hydrogen-bond acceptors (Lipinski definition) is 5. The first-order chi connectivity index (χ1) is 13.4. The SMILES string of the molecule is CCCCCCCCOc1ccc(/C=C2\SC(=S)N(C(C)C(=O)O)C2=O)cc1. The molecule has 28 heavy (non-hydrogen) atoms. The van der Waals surface area contributed by atoms with Gasteiger partial charge in [-0.2, -0.15) is 0 Å². The second kappa shape index (κ2) is 11.2. The Kier molecular flexibility index (Phi) is 8.99. The van der Waals surface area contributed by atoms with Gasteiger partial charge in [-0.15, -0.1) is 0 Å². The molecule has 0 spiro atoms. The first-order valence-electron chi connectivity index (χ1n) is 9.66. The van der Waals surface area contributed by atoms with Crippen LogP contribution in [-0.2, 0) is 9.59 Å². The normalized spacial score (nSPS) is 16.6. The van der Waals surface area contributed by atoms with E-state index in [2.05, 4.69) is 6.92 Å². The maximum Gasteiger partial charge on any atom is 0.326 e. The minimum absolute atomic E-state index is 0.269. The van der Waals surface area contributed by atoms with E-state index in [4.69, 9.17) is 22.1 Å². The zero-order valence-electron chi connectivity index (χ0n) is 16.3. The number of carboxylic acids is 1. The summed E-state index contributed by atoms with van der Waals surface area (Å²) in [6, 6.07) is 6.54. The van der Waals surface area contributed by atoms with Gasteiger partial charge >= 0.3 is 5.97 Å². The first-order valence-corrected chi connectivity index (χ1v) is 10.9. The number of carbonyl (C=O) groups is 2. The minimum atomic E-state index is -1.08. The van der Waals surface area contributed by atoms with Gasteiger partial charge < -0.3 is 9.84 Å². The summed E-state index contributed by atoms with van der Waals surface area (Å²) < 4.78 is 6.03. The molecule has 0 aliphatic carbocycles. The molecule has 1 aromatic rings. The Labute approximate surface area is 176 Å². The Bertz CT molecular complexity index is 730. The van der Waals surface area contributed by atoms with Gasteiger partial charge in [-0.1, -0.05) is 75.1 Å². The standard InChI is InChI=1S/C21H27NO4S2/c1-3-4-5-6-7-8-13-26-17-11-9-16(10-12-17)14-18-19(23)22(21(27)28-18)15(2)20(24)25/h9-12,14-15H,3-8,13H2,1-2H3,(H,24,25)/b18-14-. The summed E-state index contributed by atoms with van der Waals surface area (Å²) in [6.45, 7) is 4.37. The Morgan fingerprint density at radius 1 is 1.21 bits per heavy atom. The number of ether oxygens (including phenoxy) is 1. The number of benzene rings is 1. The van der Waals surface area contributed by atoms with E-state index in [0.717, 1.165) is 34.4 Å². The number of rotatable bonds is 11. The lowest BCUT2D eigenvalue weighted by molar-refractivity contribution is -0.144. The molecule has 1 unspecified atom stereocenters. The van der Waals surface area contributed by atoms with Crippen LogP contribution in [0.5, 0.6) is 5.75 Å². The van der Waals surface area contributed by atoms with Gasteiger partial charge in [0.25, 0.3) is 5.91 Å². The Hall–Kier alpha value is -1.86. The maximum atomic E-state index is 12.5. The molecule has 1 amide bonds. The molecule has 2 rings (SSSR count). The van der Waals surface area contributed by atoms with Gasteiger partial charge in [-0.3, -0.25) is 9.69 Å². The predicted octanol–water partition coefficient (Wildman–Crippen LogP) is 5.10. The molecule has 1 aromatic carbocycles. The van der Waals surface area contributed by atoms with Gasteiger partial charge in [0.15, 0.2) is 0 Å². The highest BCUT2D eigenvalue weighted by atomic mass is 32.2. The molecule has 152 valence electrons. The monoisotopic (exact) mass is 421 g/mol. The molecule has 5 nitrogen and oxygen atoms in total. The third-order valence-corrected chi connectivity index (χ3v) is 5.84. The molecular formula is C21H27NO4S2. The number of amides is 1. The van der Waals surface area contributed by atoms with E-state index < -0.39 is 12.0 Å². The second-order valence-electron chi connectivity index (χ2n) is 6.75. The molecule has 7 heteroatoms. The van der Waals surface area contributed by atoms with Crippen molar-refractivity contribution in [3.8, 4) is 5.75 Å². The topological polar surface area (TPSA) is 66.8 Å². The van der Waals surface area contributed by atoms with E-state index in [0.29, 0.717) is 11.5 Å². The highest BCUT2D eigenvalue weighted by Crippen LogP contribution is 2.34. The Morgan fingerprint density at radius 2 is 1.86 bits per heavy atom. The lowest BCUT2D eigenvalue weighted by Gasteiger charge is -2.18. The van der Waals surface area contributed by atoms with Crippen LogP contribution in [-0.4, -0.2) is 38.9 Å². The summed E-state index contributed by atoms with van der Waals surface area (Å²) in [5, 5.41) is 9.13. The fourth-order valence-electron chi connectivity index (χ4n) is 2.81. The van der Waals surface area contributed by atoms with Crippen molar-refractivity contribution in [2.24, 2.45) is 0 Å². The highest BCUT2D eigenvalue weighted by molar-refractivity contribution is 8.26. The van der Waals surface area contributed by atoms with Crippen molar-refractivity contribution < 1.29 is 19.4 Å². The van der Waals surface area contributed by atoms with Gasteiger partial charge in [0.2, 0.25) is 0 Å². The summed E-state index contributed by atoms with van der Waals surface area (Å²) in [4.78, 5) is 25.2. The van der Waals surface area contributed by atoms with Crippen LogP contribution in [0.2, 0.25) is 0 Å². The number of thiocarbonyl (C=S) groups is 1. The Morgan fingerprint density at radius 3 is 2.50 bits per heavy atom. The highest BCUT2D eigenvalue weighted by Gasteiger charge is 2.38. The van der Waals surface area contributed by atoms with Gasteiger partial charge in [0.05, 0.1) is 11.5 Å². The van der Waals surface area contributed by atoms with Crippen LogP contribution in [0.4, 0.5) is 0 Å². The van der Waals surface area contributed by atoms with E-state index in [1.165, 1.54) is 39.0 Å². The van der Waals surface area contributed by atoms with Gasteiger partial charge in [0.1, 0.15) is 16.1 Å². The van der Waals surface area contributed by atoms with Gasteiger partial charge in [-0.25, -0.2) is 4.79 Å². The van der Waals surface area contributed by atoms with Gasteiger partial charge in [0, 0.05) is 0 Å². The lowest BCUT2D eigenvalue weighted by Crippen LogP contribution is -2.41. The van der Waals surface area contributed by atoms with E-state index >= 15 is 0 Å². The number of carboxylic acid groups (broad SMARTS) is 1. The van der Waals surface area contributed by atoms with E-state index in [1.54, 1.807) is 6.08 Å². The number of aliphatic carboxylic acids is 1. The van der Waals surface area contributed by atoms with Crippen molar-refractivity contribution in [1.29, 1.82) is 0 Å². The fourth-order valence-corrected chi connectivity index (χ4v) is 4.23. The molecule has 0 aromatic heterocycles. The van der Waals surface area contributed by atoms with Crippen molar-refractivity contribution in [3.63, 3.8) is 0 Å². The molecule has 1 saturated heterocycles. The summed E-state index contributed by atoms with van der Waals surface area (Å²) in [6.07, 6.45) is 9.08. The van der Waals surface area contributed by atoms with Crippen LogP contribution in [0.3, 0.4) is 0 Å². The van der Waals surface area contributed by atoms with E-state index in [-0.39, 0.29) is 10.2 Å². The molecule has 1 aliphatic rings. The van der Waals surface area contributed by atoms with Crippen LogP contribution < -0.4 is 4.74 Å². The zero-order valence-corrected chi connectivity index (χ0v) is 18.0. The maximum absolute atomic E-state index is 12.5. The minimum Gasteiger partial charge on any atom is -0.494 e. The summed E-state index contributed by atoms with van der Waals surface area (Å²) in [7, 11) is 0. The molecule has 1 atom stereocenters. The van der Waals surface area contributed by atoms with Crippen LogP contribution in [0.1, 0.15) is 57.9 Å². The molecule has 0 saturated carbocycles. The third-order valence-electron chi connectivity index (χ3n) is 4.51. The molecule has 1 fully saturated rings. The fraction of sp³-hybridized carbons (Fsp3) is 0.476. The number of hydrogen-bond donors (Lipinski definition) is 1. The summed E-state index contributed by atoms with van der Waals surface area (Å²) >= 11 is 6.29. The van der Waals surface area contributed by atoms with Crippen molar-refractivity contribution in [1.82, 2.24) is 4.90 Å². The zero-order chi connectivity index (χ0) is 20.5. The molecule has 0 radical (unpaired) electrons. The van der Waals surface area contributed by atoms with Crippen molar-refractivity contribution >= 4 is 46.3 Å². The molecule has 1 heterocycles. The summed E-state index contributed by atoms with van der Waals surface area (Å²) in [5.74, 6) is -0.643. The largest absolute Gasteiger partial charge is 0.494 e. The first kappa shape index (κ1) is 22.4. The van der Waals surface area contributed by atoms with Crippen molar-refractivity contribution in [2.45, 2.75) is 58.4 Å². The molecular weight excluding hydrogens is 394 g/mol. The number of carbonyl (C=O) groups excluding carboxylic acids is 1. The third kappa shape index (κ3) is 6.34. The van der Waals surface area contributed by atoms with Crippen molar-refractivity contribution in [2.75, 3.05) is 6.61 Å². The second-order valence-corrected chi connectivity index (χ2v) is 8.43. The smallest absolute Gasteiger partial charge is 0.326 e. The number of thioether (sulfide) groups is 1. The molecule has 1 N–H and O–H groups in total. The average Bonchev–Trinajstić information content (AvgIpc) is 2.95. The predicted molar refractivity (Wildman–Crippen MR) is 117 cm³/mol. The van der Waals surface area contributed by atoms with E-state index in [1.807, 2.05) is 24.3 Å². The average molecular weight is 422 g/mol. The van der Waals surface area contributed by atoms with Crippen molar-refractivity contribution in [3.05, 3.63) is 34.7 Å². The van der Waals surface area contributed by atoms with Gasteiger partial charge in [-0.05, 0) is 37.1 Å².